The van der Waals surface area contributed by atoms with Crippen molar-refractivity contribution in [2.75, 3.05) is 5.32 Å². The van der Waals surface area contributed by atoms with Gasteiger partial charge in [0.25, 0.3) is 5.69 Å². The quantitative estimate of drug-likeness (QED) is 0.468. The van der Waals surface area contributed by atoms with E-state index in [0.29, 0.717) is 22.7 Å². The minimum atomic E-state index is -0.355. The molecule has 2 atom stereocenters. The second-order valence-electron chi connectivity index (χ2n) is 6.27. The molecule has 116 valence electrons. The van der Waals surface area contributed by atoms with Crippen LogP contribution in [-0.4, -0.2) is 11.0 Å². The Morgan fingerprint density at radius 1 is 1.29 bits per heavy atom. The number of anilines is 1. The van der Waals surface area contributed by atoms with Gasteiger partial charge in [-0.15, -0.1) is 0 Å². The third kappa shape index (κ3) is 4.34. The van der Waals surface area contributed by atoms with Crippen LogP contribution < -0.4 is 5.32 Å². The van der Waals surface area contributed by atoms with Gasteiger partial charge in [-0.1, -0.05) is 38.3 Å². The summed E-state index contributed by atoms with van der Waals surface area (Å²) in [6.45, 7) is 4.56. The van der Waals surface area contributed by atoms with Gasteiger partial charge in [-0.25, -0.2) is 0 Å². The van der Waals surface area contributed by atoms with E-state index >= 15 is 0 Å². The molecular weight excluding hydrogens is 288 g/mol. The van der Waals surface area contributed by atoms with E-state index < -0.39 is 0 Å². The summed E-state index contributed by atoms with van der Waals surface area (Å²) in [7, 11) is 0. The SMILES string of the molecule is CC(C)C1CCCC(Nc2cc(Cl)ccc2[N+](=O)[O-])CC1. The van der Waals surface area contributed by atoms with Gasteiger partial charge < -0.3 is 5.32 Å². The fraction of sp³-hybridized carbons (Fsp3) is 0.625. The molecule has 1 fully saturated rings. The maximum atomic E-state index is 11.1. The highest BCUT2D eigenvalue weighted by molar-refractivity contribution is 6.31. The Bertz CT molecular complexity index is 505. The average Bonchev–Trinajstić information content (AvgIpc) is 2.64. The number of nitro benzene ring substituents is 1. The van der Waals surface area contributed by atoms with Crippen molar-refractivity contribution in [1.82, 2.24) is 0 Å². The van der Waals surface area contributed by atoms with Gasteiger partial charge >= 0.3 is 0 Å². The van der Waals surface area contributed by atoms with Crippen LogP contribution in [0.1, 0.15) is 46.0 Å². The van der Waals surface area contributed by atoms with Crippen LogP contribution in [0.3, 0.4) is 0 Å². The molecule has 0 bridgehead atoms. The lowest BCUT2D eigenvalue weighted by Gasteiger charge is -2.19. The molecule has 1 aliphatic rings. The molecule has 0 amide bonds. The lowest BCUT2D eigenvalue weighted by Crippen LogP contribution is -2.19. The lowest BCUT2D eigenvalue weighted by atomic mass is 9.89. The minimum absolute atomic E-state index is 0.101. The zero-order chi connectivity index (χ0) is 15.4. The lowest BCUT2D eigenvalue weighted by molar-refractivity contribution is -0.384. The molecule has 4 nitrogen and oxygen atoms in total. The standard InChI is InChI=1S/C16H23ClN2O2/c1-11(2)12-4-3-5-14(8-6-12)18-15-10-13(17)7-9-16(15)19(20)21/h7,9-12,14,18H,3-6,8H2,1-2H3. The number of halogens is 1. The molecule has 2 unspecified atom stereocenters. The van der Waals surface area contributed by atoms with E-state index in [1.807, 2.05) is 0 Å². The van der Waals surface area contributed by atoms with Gasteiger partial charge in [-0.05, 0) is 43.2 Å². The largest absolute Gasteiger partial charge is 0.377 e. The van der Waals surface area contributed by atoms with Crippen LogP contribution in [0, 0.1) is 22.0 Å². The number of hydrogen-bond acceptors (Lipinski definition) is 3. The molecule has 2 rings (SSSR count). The molecule has 0 saturated heterocycles. The zero-order valence-corrected chi connectivity index (χ0v) is 13.4. The van der Waals surface area contributed by atoms with Gasteiger partial charge in [0, 0.05) is 17.1 Å². The number of rotatable bonds is 4. The van der Waals surface area contributed by atoms with Crippen LogP contribution in [0.4, 0.5) is 11.4 Å². The van der Waals surface area contributed by atoms with E-state index in [0.717, 1.165) is 18.8 Å². The maximum absolute atomic E-state index is 11.1. The topological polar surface area (TPSA) is 55.2 Å². The Kier molecular flexibility index (Phi) is 5.45. The average molecular weight is 311 g/mol. The monoisotopic (exact) mass is 310 g/mol. The third-order valence-corrected chi connectivity index (χ3v) is 4.71. The van der Waals surface area contributed by atoms with Crippen LogP contribution in [0.2, 0.25) is 5.02 Å². The smallest absolute Gasteiger partial charge is 0.292 e. The first-order valence-corrected chi connectivity index (χ1v) is 8.05. The van der Waals surface area contributed by atoms with Crippen molar-refractivity contribution in [2.45, 2.75) is 52.0 Å². The molecule has 1 N–H and O–H groups in total. The maximum Gasteiger partial charge on any atom is 0.292 e. The summed E-state index contributed by atoms with van der Waals surface area (Å²) >= 11 is 5.97. The molecule has 1 aromatic carbocycles. The van der Waals surface area contributed by atoms with Crippen LogP contribution in [0.15, 0.2) is 18.2 Å². The van der Waals surface area contributed by atoms with Gasteiger partial charge in [-0.2, -0.15) is 0 Å². The van der Waals surface area contributed by atoms with Crippen molar-refractivity contribution in [1.29, 1.82) is 0 Å². The summed E-state index contributed by atoms with van der Waals surface area (Å²) in [4.78, 5) is 10.8. The van der Waals surface area contributed by atoms with E-state index in [1.54, 1.807) is 12.1 Å². The van der Waals surface area contributed by atoms with Gasteiger partial charge in [0.1, 0.15) is 5.69 Å². The highest BCUT2D eigenvalue weighted by atomic mass is 35.5. The molecule has 1 saturated carbocycles. The molecule has 0 radical (unpaired) electrons. The Hall–Kier alpha value is -1.29. The fourth-order valence-corrected chi connectivity index (χ4v) is 3.32. The van der Waals surface area contributed by atoms with E-state index in [1.165, 1.54) is 25.3 Å². The molecular formula is C16H23ClN2O2. The summed E-state index contributed by atoms with van der Waals surface area (Å²) in [6.07, 6.45) is 5.74. The van der Waals surface area contributed by atoms with E-state index in [-0.39, 0.29) is 10.6 Å². The molecule has 0 aliphatic heterocycles. The first-order valence-electron chi connectivity index (χ1n) is 7.68. The van der Waals surface area contributed by atoms with Crippen molar-refractivity contribution >= 4 is 23.0 Å². The van der Waals surface area contributed by atoms with Crippen LogP contribution in [0.5, 0.6) is 0 Å². The Labute approximate surface area is 131 Å². The van der Waals surface area contributed by atoms with Crippen LogP contribution in [-0.2, 0) is 0 Å². The van der Waals surface area contributed by atoms with Crippen molar-refractivity contribution in [3.8, 4) is 0 Å². The summed E-state index contributed by atoms with van der Waals surface area (Å²) in [5.74, 6) is 1.48. The Balaban J connectivity index is 2.08. The Morgan fingerprint density at radius 2 is 2.05 bits per heavy atom. The van der Waals surface area contributed by atoms with E-state index in [2.05, 4.69) is 19.2 Å². The number of nitrogens with one attached hydrogen (secondary N) is 1. The third-order valence-electron chi connectivity index (χ3n) is 4.47. The molecule has 0 spiro atoms. The molecule has 21 heavy (non-hydrogen) atoms. The molecule has 1 aromatic rings. The number of nitro groups is 1. The molecule has 5 heteroatoms. The molecule has 0 aromatic heterocycles. The second kappa shape index (κ2) is 7.12. The predicted molar refractivity (Wildman–Crippen MR) is 86.9 cm³/mol. The highest BCUT2D eigenvalue weighted by Crippen LogP contribution is 2.33. The van der Waals surface area contributed by atoms with Crippen molar-refractivity contribution in [2.24, 2.45) is 11.8 Å². The molecule has 1 aliphatic carbocycles. The zero-order valence-electron chi connectivity index (χ0n) is 12.6. The van der Waals surface area contributed by atoms with Crippen molar-refractivity contribution in [3.63, 3.8) is 0 Å². The number of benzene rings is 1. The fourth-order valence-electron chi connectivity index (χ4n) is 3.14. The summed E-state index contributed by atoms with van der Waals surface area (Å²) < 4.78 is 0. The van der Waals surface area contributed by atoms with Gasteiger partial charge in [-0.3, -0.25) is 10.1 Å². The summed E-state index contributed by atoms with van der Waals surface area (Å²) in [5.41, 5.74) is 0.643. The molecule has 0 heterocycles. The first-order chi connectivity index (χ1) is 9.97. The minimum Gasteiger partial charge on any atom is -0.377 e. The Morgan fingerprint density at radius 3 is 2.71 bits per heavy atom. The van der Waals surface area contributed by atoms with Crippen LogP contribution >= 0.6 is 11.6 Å². The highest BCUT2D eigenvalue weighted by Gasteiger charge is 2.23. The van der Waals surface area contributed by atoms with Gasteiger partial charge in [0.2, 0.25) is 0 Å². The summed E-state index contributed by atoms with van der Waals surface area (Å²) in [5, 5.41) is 15.0. The normalized spacial score (nSPS) is 22.9. The van der Waals surface area contributed by atoms with Crippen LogP contribution in [0.25, 0.3) is 0 Å². The van der Waals surface area contributed by atoms with Crippen molar-refractivity contribution in [3.05, 3.63) is 33.3 Å². The second-order valence-corrected chi connectivity index (χ2v) is 6.71. The first kappa shape index (κ1) is 16.1. The van der Waals surface area contributed by atoms with E-state index in [9.17, 15) is 10.1 Å². The van der Waals surface area contributed by atoms with Crippen molar-refractivity contribution < 1.29 is 4.92 Å². The van der Waals surface area contributed by atoms with Gasteiger partial charge in [0.05, 0.1) is 4.92 Å². The summed E-state index contributed by atoms with van der Waals surface area (Å²) in [6, 6.07) is 4.99. The predicted octanol–water partition coefficient (Wildman–Crippen LogP) is 5.27. The van der Waals surface area contributed by atoms with Gasteiger partial charge in [0.15, 0.2) is 0 Å². The van der Waals surface area contributed by atoms with E-state index in [4.69, 9.17) is 11.6 Å². The number of nitrogens with zero attached hydrogens (tertiary/aromatic N) is 1. The number of hydrogen-bond donors (Lipinski definition) is 1.